The van der Waals surface area contributed by atoms with Gasteiger partial charge >= 0.3 is 12.0 Å². The Kier molecular flexibility index (Phi) is 6.62. The van der Waals surface area contributed by atoms with E-state index in [2.05, 4.69) is 10.6 Å². The van der Waals surface area contributed by atoms with E-state index in [9.17, 15) is 9.59 Å². The first kappa shape index (κ1) is 15.8. The van der Waals surface area contributed by atoms with Crippen LogP contribution in [0, 0.1) is 5.92 Å². The van der Waals surface area contributed by atoms with Gasteiger partial charge in [-0.1, -0.05) is 6.92 Å². The highest BCUT2D eigenvalue weighted by atomic mass is 16.4. The molecule has 0 aliphatic carbocycles. The summed E-state index contributed by atoms with van der Waals surface area (Å²) in [5, 5.41) is 14.9. The molecular formula is C13H25N3O3. The second-order valence-electron chi connectivity index (χ2n) is 5.21. The van der Waals surface area contributed by atoms with E-state index >= 15 is 0 Å². The lowest BCUT2D eigenvalue weighted by atomic mass is 10.1. The average Bonchev–Trinajstić information content (AvgIpc) is 2.43. The third kappa shape index (κ3) is 5.46. The summed E-state index contributed by atoms with van der Waals surface area (Å²) in [6.07, 6.45) is 3.26. The molecule has 1 aliphatic heterocycles. The van der Waals surface area contributed by atoms with E-state index in [-0.39, 0.29) is 11.9 Å². The Balaban J connectivity index is 2.17. The van der Waals surface area contributed by atoms with Gasteiger partial charge in [-0.15, -0.1) is 0 Å². The number of rotatable bonds is 6. The second-order valence-corrected chi connectivity index (χ2v) is 5.21. The molecular weight excluding hydrogens is 246 g/mol. The molecule has 1 rings (SSSR count). The summed E-state index contributed by atoms with van der Waals surface area (Å²) in [7, 11) is 1.82. The van der Waals surface area contributed by atoms with Crippen molar-refractivity contribution in [3.05, 3.63) is 0 Å². The van der Waals surface area contributed by atoms with Crippen LogP contribution in [0.5, 0.6) is 0 Å². The number of nitrogens with zero attached hydrogens (tertiary/aromatic N) is 1. The molecule has 0 saturated carbocycles. The summed E-state index contributed by atoms with van der Waals surface area (Å²) in [6, 6.07) is 0.245. The molecule has 0 radical (unpaired) electrons. The molecule has 110 valence electrons. The van der Waals surface area contributed by atoms with E-state index < -0.39 is 5.97 Å². The predicted molar refractivity (Wildman–Crippen MR) is 73.1 cm³/mol. The molecule has 3 N–H and O–H groups in total. The topological polar surface area (TPSA) is 81.7 Å². The minimum absolute atomic E-state index is 0.0603. The maximum atomic E-state index is 11.9. The summed E-state index contributed by atoms with van der Waals surface area (Å²) >= 11 is 0. The van der Waals surface area contributed by atoms with Gasteiger partial charge in [0.05, 0.1) is 5.92 Å². The van der Waals surface area contributed by atoms with Crippen LogP contribution in [0.4, 0.5) is 4.79 Å². The van der Waals surface area contributed by atoms with Crippen molar-refractivity contribution < 1.29 is 14.7 Å². The molecule has 6 heteroatoms. The number of carboxylic acid groups (broad SMARTS) is 1. The Morgan fingerprint density at radius 1 is 1.42 bits per heavy atom. The number of hydrogen-bond acceptors (Lipinski definition) is 3. The molecule has 0 bridgehead atoms. The van der Waals surface area contributed by atoms with Crippen LogP contribution in [-0.2, 0) is 4.79 Å². The van der Waals surface area contributed by atoms with Crippen LogP contribution in [0.2, 0.25) is 0 Å². The van der Waals surface area contributed by atoms with Crippen LogP contribution in [0.15, 0.2) is 0 Å². The van der Waals surface area contributed by atoms with Crippen molar-refractivity contribution in [2.24, 2.45) is 5.92 Å². The quantitative estimate of drug-likeness (QED) is 0.626. The maximum Gasteiger partial charge on any atom is 0.317 e. The lowest BCUT2D eigenvalue weighted by molar-refractivity contribution is -0.141. The molecule has 0 spiro atoms. The van der Waals surface area contributed by atoms with Crippen LogP contribution in [0.25, 0.3) is 0 Å². The molecule has 2 amide bonds. The van der Waals surface area contributed by atoms with Gasteiger partial charge in [-0.2, -0.15) is 0 Å². The number of piperidine rings is 1. The third-order valence-corrected chi connectivity index (χ3v) is 3.69. The first-order valence-corrected chi connectivity index (χ1v) is 6.96. The minimum Gasteiger partial charge on any atom is -0.481 e. The van der Waals surface area contributed by atoms with E-state index in [1.165, 1.54) is 0 Å². The van der Waals surface area contributed by atoms with E-state index in [4.69, 9.17) is 5.11 Å². The van der Waals surface area contributed by atoms with E-state index in [1.807, 2.05) is 7.05 Å². The predicted octanol–water partition coefficient (Wildman–Crippen LogP) is 0.881. The highest BCUT2D eigenvalue weighted by Crippen LogP contribution is 2.10. The Morgan fingerprint density at radius 2 is 2.05 bits per heavy atom. The number of carboxylic acids is 1. The van der Waals surface area contributed by atoms with Gasteiger partial charge in [0.15, 0.2) is 0 Å². The van der Waals surface area contributed by atoms with E-state index in [1.54, 1.807) is 11.8 Å². The summed E-state index contributed by atoms with van der Waals surface area (Å²) in [4.78, 5) is 24.3. The van der Waals surface area contributed by atoms with Crippen molar-refractivity contribution in [3.63, 3.8) is 0 Å². The molecule has 0 aromatic heterocycles. The molecule has 1 saturated heterocycles. The Hall–Kier alpha value is -1.30. The van der Waals surface area contributed by atoms with Crippen LogP contribution in [-0.4, -0.2) is 54.7 Å². The fraction of sp³-hybridized carbons (Fsp3) is 0.846. The van der Waals surface area contributed by atoms with Gasteiger partial charge in [0.2, 0.25) is 0 Å². The van der Waals surface area contributed by atoms with Crippen LogP contribution in [0.3, 0.4) is 0 Å². The SMILES string of the molecule is CC(CCCNC(=O)N(C)C1CCNCC1)C(=O)O. The number of nitrogens with one attached hydrogen (secondary N) is 2. The van der Waals surface area contributed by atoms with Crippen LogP contribution in [0.1, 0.15) is 32.6 Å². The van der Waals surface area contributed by atoms with Crippen molar-refractivity contribution in [1.82, 2.24) is 15.5 Å². The summed E-state index contributed by atoms with van der Waals surface area (Å²) in [5.41, 5.74) is 0. The van der Waals surface area contributed by atoms with Crippen molar-refractivity contribution in [2.45, 2.75) is 38.6 Å². The van der Waals surface area contributed by atoms with E-state index in [0.717, 1.165) is 25.9 Å². The third-order valence-electron chi connectivity index (χ3n) is 3.69. The number of aliphatic carboxylic acids is 1. The molecule has 19 heavy (non-hydrogen) atoms. The Bertz CT molecular complexity index is 304. The van der Waals surface area contributed by atoms with E-state index in [0.29, 0.717) is 25.4 Å². The summed E-state index contributed by atoms with van der Waals surface area (Å²) in [6.45, 7) is 4.13. The largest absolute Gasteiger partial charge is 0.481 e. The van der Waals surface area contributed by atoms with Crippen molar-refractivity contribution in [2.75, 3.05) is 26.7 Å². The minimum atomic E-state index is -0.779. The normalized spacial score (nSPS) is 17.8. The number of carbonyl (C=O) groups is 2. The van der Waals surface area contributed by atoms with Gasteiger partial charge in [0.25, 0.3) is 0 Å². The highest BCUT2D eigenvalue weighted by Gasteiger charge is 2.21. The zero-order valence-corrected chi connectivity index (χ0v) is 11.8. The number of carbonyl (C=O) groups excluding carboxylic acids is 1. The summed E-state index contributed by atoms with van der Waals surface area (Å²) in [5.74, 6) is -1.13. The molecule has 1 atom stereocenters. The number of urea groups is 1. The second kappa shape index (κ2) is 7.99. The fourth-order valence-corrected chi connectivity index (χ4v) is 2.21. The molecule has 1 fully saturated rings. The van der Waals surface area contributed by atoms with Gasteiger partial charge in [-0.25, -0.2) is 4.79 Å². The Labute approximate surface area is 114 Å². The highest BCUT2D eigenvalue weighted by molar-refractivity contribution is 5.74. The molecule has 1 heterocycles. The van der Waals surface area contributed by atoms with Crippen LogP contribution >= 0.6 is 0 Å². The molecule has 1 unspecified atom stereocenters. The fourth-order valence-electron chi connectivity index (χ4n) is 2.21. The van der Waals surface area contributed by atoms with Crippen molar-refractivity contribution >= 4 is 12.0 Å². The average molecular weight is 271 g/mol. The standard InChI is InChI=1S/C13H25N3O3/c1-10(12(17)18)4-3-7-15-13(19)16(2)11-5-8-14-9-6-11/h10-11,14H,3-9H2,1-2H3,(H,15,19)(H,17,18). The maximum absolute atomic E-state index is 11.9. The summed E-state index contributed by atoms with van der Waals surface area (Å²) < 4.78 is 0. The molecule has 1 aliphatic rings. The first-order chi connectivity index (χ1) is 9.02. The lowest BCUT2D eigenvalue weighted by Gasteiger charge is -2.31. The zero-order chi connectivity index (χ0) is 14.3. The Morgan fingerprint density at radius 3 is 2.63 bits per heavy atom. The smallest absolute Gasteiger partial charge is 0.317 e. The van der Waals surface area contributed by atoms with Gasteiger partial charge in [0.1, 0.15) is 0 Å². The van der Waals surface area contributed by atoms with Gasteiger partial charge in [0, 0.05) is 19.6 Å². The molecule has 0 aromatic carbocycles. The van der Waals surface area contributed by atoms with Gasteiger partial charge in [-0.3, -0.25) is 4.79 Å². The zero-order valence-electron chi connectivity index (χ0n) is 11.8. The van der Waals surface area contributed by atoms with Crippen molar-refractivity contribution in [1.29, 1.82) is 0 Å². The molecule has 6 nitrogen and oxygen atoms in total. The monoisotopic (exact) mass is 271 g/mol. The lowest BCUT2D eigenvalue weighted by Crippen LogP contribution is -2.48. The number of hydrogen-bond donors (Lipinski definition) is 3. The molecule has 0 aromatic rings. The number of amides is 2. The van der Waals surface area contributed by atoms with Crippen molar-refractivity contribution in [3.8, 4) is 0 Å². The first-order valence-electron chi connectivity index (χ1n) is 6.96. The van der Waals surface area contributed by atoms with Gasteiger partial charge in [-0.05, 0) is 38.8 Å². The van der Waals surface area contributed by atoms with Crippen LogP contribution < -0.4 is 10.6 Å². The van der Waals surface area contributed by atoms with Gasteiger partial charge < -0.3 is 20.6 Å².